The van der Waals surface area contributed by atoms with Crippen molar-refractivity contribution in [2.45, 2.75) is 33.6 Å². The maximum atomic E-state index is 12.1. The van der Waals surface area contributed by atoms with Gasteiger partial charge in [-0.25, -0.2) is 0 Å². The minimum atomic E-state index is -0.226. The Morgan fingerprint density at radius 2 is 2.10 bits per heavy atom. The zero-order valence-electron chi connectivity index (χ0n) is 12.4. The van der Waals surface area contributed by atoms with Gasteiger partial charge < -0.3 is 10.2 Å². The average Bonchev–Trinajstić information content (AvgIpc) is 2.81. The van der Waals surface area contributed by atoms with E-state index in [0.29, 0.717) is 19.5 Å². The number of anilines is 1. The van der Waals surface area contributed by atoms with Gasteiger partial charge in [0.1, 0.15) is 0 Å². The Morgan fingerprint density at radius 3 is 2.75 bits per heavy atom. The van der Waals surface area contributed by atoms with Crippen LogP contribution in [-0.4, -0.2) is 24.9 Å². The molecular weight excluding hydrogens is 252 g/mol. The molecule has 4 nitrogen and oxygen atoms in total. The molecule has 1 aromatic carbocycles. The number of hydrogen-bond acceptors (Lipinski definition) is 2. The summed E-state index contributed by atoms with van der Waals surface area (Å²) >= 11 is 0. The lowest BCUT2D eigenvalue weighted by Gasteiger charge is -2.18. The number of rotatable bonds is 4. The van der Waals surface area contributed by atoms with E-state index in [1.165, 1.54) is 5.56 Å². The fourth-order valence-corrected chi connectivity index (χ4v) is 2.42. The van der Waals surface area contributed by atoms with Crippen LogP contribution in [0.25, 0.3) is 0 Å². The van der Waals surface area contributed by atoms with Gasteiger partial charge in [-0.05, 0) is 43.5 Å². The van der Waals surface area contributed by atoms with Crippen LogP contribution in [0.15, 0.2) is 18.2 Å². The van der Waals surface area contributed by atoms with E-state index in [2.05, 4.69) is 5.32 Å². The number of benzene rings is 1. The van der Waals surface area contributed by atoms with Gasteiger partial charge in [0.2, 0.25) is 11.8 Å². The quantitative estimate of drug-likeness (QED) is 0.915. The molecule has 1 unspecified atom stereocenters. The van der Waals surface area contributed by atoms with Gasteiger partial charge in [-0.1, -0.05) is 13.0 Å². The lowest BCUT2D eigenvalue weighted by Crippen LogP contribution is -2.33. The van der Waals surface area contributed by atoms with E-state index in [1.807, 2.05) is 39.0 Å². The molecule has 20 heavy (non-hydrogen) atoms. The van der Waals surface area contributed by atoms with Crippen molar-refractivity contribution in [2.75, 3.05) is 18.0 Å². The number of nitrogens with one attached hydrogen (secondary N) is 1. The van der Waals surface area contributed by atoms with E-state index in [0.717, 1.165) is 17.7 Å². The monoisotopic (exact) mass is 274 g/mol. The second-order valence-corrected chi connectivity index (χ2v) is 5.46. The first-order valence-electron chi connectivity index (χ1n) is 7.18. The summed E-state index contributed by atoms with van der Waals surface area (Å²) < 4.78 is 0. The van der Waals surface area contributed by atoms with Crippen LogP contribution < -0.4 is 10.2 Å². The van der Waals surface area contributed by atoms with Crippen LogP contribution in [0.2, 0.25) is 0 Å². The molecule has 0 radical (unpaired) electrons. The average molecular weight is 274 g/mol. The van der Waals surface area contributed by atoms with Crippen LogP contribution in [0.4, 0.5) is 5.69 Å². The first-order chi connectivity index (χ1) is 9.52. The zero-order chi connectivity index (χ0) is 14.7. The van der Waals surface area contributed by atoms with E-state index in [4.69, 9.17) is 0 Å². The van der Waals surface area contributed by atoms with Crippen LogP contribution in [-0.2, 0) is 9.59 Å². The number of aryl methyl sites for hydroxylation is 2. The maximum Gasteiger partial charge on any atom is 0.227 e. The van der Waals surface area contributed by atoms with E-state index in [-0.39, 0.29) is 17.7 Å². The first kappa shape index (κ1) is 14.6. The Balaban J connectivity index is 2.09. The summed E-state index contributed by atoms with van der Waals surface area (Å²) in [6, 6.07) is 5.98. The lowest BCUT2D eigenvalue weighted by molar-refractivity contribution is -0.126. The van der Waals surface area contributed by atoms with Crippen LogP contribution in [0.3, 0.4) is 0 Å². The summed E-state index contributed by atoms with van der Waals surface area (Å²) in [6.07, 6.45) is 1.22. The van der Waals surface area contributed by atoms with Crippen molar-refractivity contribution in [3.8, 4) is 0 Å². The highest BCUT2D eigenvalue weighted by Crippen LogP contribution is 2.26. The summed E-state index contributed by atoms with van der Waals surface area (Å²) in [7, 11) is 0. The van der Waals surface area contributed by atoms with Crippen molar-refractivity contribution in [1.82, 2.24) is 5.32 Å². The molecule has 1 fully saturated rings. The number of amides is 2. The Morgan fingerprint density at radius 1 is 1.35 bits per heavy atom. The van der Waals surface area contributed by atoms with E-state index in [1.54, 1.807) is 4.90 Å². The molecule has 1 saturated heterocycles. The largest absolute Gasteiger partial charge is 0.356 e. The molecule has 0 aromatic heterocycles. The van der Waals surface area contributed by atoms with E-state index >= 15 is 0 Å². The van der Waals surface area contributed by atoms with Gasteiger partial charge in [-0.2, -0.15) is 0 Å². The van der Waals surface area contributed by atoms with Crippen molar-refractivity contribution in [1.29, 1.82) is 0 Å². The highest BCUT2D eigenvalue weighted by Gasteiger charge is 2.34. The van der Waals surface area contributed by atoms with Gasteiger partial charge in [0.15, 0.2) is 0 Å². The number of hydrogen-bond donors (Lipinski definition) is 1. The molecule has 2 rings (SSSR count). The normalized spacial score (nSPS) is 18.4. The fraction of sp³-hybridized carbons (Fsp3) is 0.500. The topological polar surface area (TPSA) is 49.4 Å². The number of nitrogens with zero attached hydrogens (tertiary/aromatic N) is 1. The number of carbonyl (C=O) groups excluding carboxylic acids is 2. The molecular formula is C16H22N2O2. The Kier molecular flexibility index (Phi) is 4.42. The summed E-state index contributed by atoms with van der Waals surface area (Å²) in [5.74, 6) is -0.202. The second-order valence-electron chi connectivity index (χ2n) is 5.46. The molecule has 1 aliphatic rings. The van der Waals surface area contributed by atoms with Gasteiger partial charge in [0.05, 0.1) is 5.92 Å². The summed E-state index contributed by atoms with van der Waals surface area (Å²) in [5.41, 5.74) is 3.26. The minimum absolute atomic E-state index is 0.00784. The fourth-order valence-electron chi connectivity index (χ4n) is 2.42. The molecule has 0 spiro atoms. The molecule has 108 valence electrons. The molecule has 1 atom stereocenters. The van der Waals surface area contributed by atoms with Crippen molar-refractivity contribution in [3.05, 3.63) is 29.3 Å². The molecule has 0 aliphatic carbocycles. The van der Waals surface area contributed by atoms with Crippen molar-refractivity contribution in [2.24, 2.45) is 5.92 Å². The second kappa shape index (κ2) is 6.07. The van der Waals surface area contributed by atoms with Gasteiger partial charge in [0.25, 0.3) is 0 Å². The lowest BCUT2D eigenvalue weighted by atomic mass is 10.1. The molecule has 1 N–H and O–H groups in total. The van der Waals surface area contributed by atoms with Crippen LogP contribution in [0.5, 0.6) is 0 Å². The third-order valence-electron chi connectivity index (χ3n) is 3.85. The Labute approximate surface area is 120 Å². The summed E-state index contributed by atoms with van der Waals surface area (Å²) in [4.78, 5) is 25.8. The Bertz CT molecular complexity index is 525. The van der Waals surface area contributed by atoms with Gasteiger partial charge >= 0.3 is 0 Å². The third kappa shape index (κ3) is 3.00. The van der Waals surface area contributed by atoms with Crippen molar-refractivity contribution in [3.63, 3.8) is 0 Å². The summed E-state index contributed by atoms with van der Waals surface area (Å²) in [5, 5.41) is 2.87. The highest BCUT2D eigenvalue weighted by atomic mass is 16.2. The maximum absolute atomic E-state index is 12.1. The predicted octanol–water partition coefficient (Wildman–Crippen LogP) is 2.18. The van der Waals surface area contributed by atoms with Crippen LogP contribution in [0.1, 0.15) is 30.9 Å². The van der Waals surface area contributed by atoms with Crippen molar-refractivity contribution < 1.29 is 9.59 Å². The molecule has 1 aliphatic heterocycles. The van der Waals surface area contributed by atoms with Crippen LogP contribution >= 0.6 is 0 Å². The molecule has 0 bridgehead atoms. The van der Waals surface area contributed by atoms with Crippen LogP contribution in [0, 0.1) is 19.8 Å². The molecule has 2 amide bonds. The highest BCUT2D eigenvalue weighted by molar-refractivity contribution is 6.00. The molecule has 4 heteroatoms. The van der Waals surface area contributed by atoms with Gasteiger partial charge in [-0.15, -0.1) is 0 Å². The zero-order valence-corrected chi connectivity index (χ0v) is 12.4. The van der Waals surface area contributed by atoms with E-state index < -0.39 is 0 Å². The Hall–Kier alpha value is -1.84. The standard InChI is InChI=1S/C16H22N2O2/c1-4-7-17-16(20)13-9-15(19)18(10-13)14-6-5-11(2)12(3)8-14/h5-6,8,13H,4,7,9-10H2,1-3H3,(H,17,20). The van der Waals surface area contributed by atoms with Gasteiger partial charge in [0, 0.05) is 25.2 Å². The minimum Gasteiger partial charge on any atom is -0.356 e. The first-order valence-corrected chi connectivity index (χ1v) is 7.18. The molecule has 0 saturated carbocycles. The van der Waals surface area contributed by atoms with E-state index in [9.17, 15) is 9.59 Å². The smallest absolute Gasteiger partial charge is 0.227 e. The molecule has 1 aromatic rings. The molecule has 1 heterocycles. The SMILES string of the molecule is CCCNC(=O)C1CC(=O)N(c2ccc(C)c(C)c2)C1. The van der Waals surface area contributed by atoms with Gasteiger partial charge in [-0.3, -0.25) is 9.59 Å². The number of carbonyl (C=O) groups is 2. The van der Waals surface area contributed by atoms with Crippen molar-refractivity contribution >= 4 is 17.5 Å². The predicted molar refractivity (Wildman–Crippen MR) is 79.7 cm³/mol. The third-order valence-corrected chi connectivity index (χ3v) is 3.85. The summed E-state index contributed by atoms with van der Waals surface area (Å²) in [6.45, 7) is 7.25.